The summed E-state index contributed by atoms with van der Waals surface area (Å²) in [6.07, 6.45) is 5.19. The molecule has 0 aromatic heterocycles. The Bertz CT molecular complexity index is 472. The van der Waals surface area contributed by atoms with Gasteiger partial charge in [-0.1, -0.05) is 31.4 Å². The summed E-state index contributed by atoms with van der Waals surface area (Å²) in [6, 6.07) is 6.33. The van der Waals surface area contributed by atoms with Gasteiger partial charge in [-0.25, -0.2) is 0 Å². The minimum Gasteiger partial charge on any atom is -0.371 e. The van der Waals surface area contributed by atoms with E-state index in [-0.39, 0.29) is 5.78 Å². The van der Waals surface area contributed by atoms with Crippen LogP contribution in [0.15, 0.2) is 18.2 Å². The normalized spacial score (nSPS) is 23.2. The Morgan fingerprint density at radius 1 is 1.32 bits per heavy atom. The third-order valence-electron chi connectivity index (χ3n) is 4.30. The highest BCUT2D eigenvalue weighted by Gasteiger charge is 2.25. The molecule has 0 saturated heterocycles. The maximum atomic E-state index is 11.4. The van der Waals surface area contributed by atoms with Gasteiger partial charge in [0.1, 0.15) is 0 Å². The Morgan fingerprint density at radius 3 is 2.58 bits per heavy atom. The predicted molar refractivity (Wildman–Crippen MR) is 81.3 cm³/mol. The molecule has 1 fully saturated rings. The van der Waals surface area contributed by atoms with E-state index in [1.54, 1.807) is 6.92 Å². The average molecular weight is 280 g/mol. The number of Topliss-reactive ketones (excluding diaryl/α,β-unsaturated/α-hetero) is 1. The molecule has 0 heterocycles. The van der Waals surface area contributed by atoms with Gasteiger partial charge in [0.25, 0.3) is 0 Å². The first-order valence-electron chi connectivity index (χ1n) is 7.04. The second kappa shape index (κ2) is 5.96. The zero-order valence-corrected chi connectivity index (χ0v) is 12.7. The van der Waals surface area contributed by atoms with Crippen LogP contribution in [0.2, 0.25) is 5.02 Å². The lowest BCUT2D eigenvalue weighted by Gasteiger charge is -2.37. The monoisotopic (exact) mass is 279 g/mol. The van der Waals surface area contributed by atoms with Crippen LogP contribution in [0, 0.1) is 5.92 Å². The molecule has 3 heteroatoms. The number of ketones is 1. The Balaban J connectivity index is 2.21. The Labute approximate surface area is 120 Å². The summed E-state index contributed by atoms with van der Waals surface area (Å²) in [6.45, 7) is 3.87. The molecule has 2 rings (SSSR count). The molecule has 1 aromatic carbocycles. The minimum atomic E-state index is 0.0187. The summed E-state index contributed by atoms with van der Waals surface area (Å²) in [7, 11) is 2.13. The molecule has 2 atom stereocenters. The standard InChI is InChI=1S/C16H22ClNO/c1-11-6-4-5-7-16(11)18(3)13-8-9-14(12(2)19)15(17)10-13/h8-11,16H,4-7H2,1-3H3. The van der Waals surface area contributed by atoms with Crippen molar-refractivity contribution in [3.05, 3.63) is 28.8 Å². The summed E-state index contributed by atoms with van der Waals surface area (Å²) >= 11 is 6.20. The van der Waals surface area contributed by atoms with Crippen LogP contribution in [-0.4, -0.2) is 18.9 Å². The minimum absolute atomic E-state index is 0.0187. The van der Waals surface area contributed by atoms with E-state index in [0.29, 0.717) is 22.5 Å². The molecular formula is C16H22ClNO. The molecule has 0 N–H and O–H groups in total. The van der Waals surface area contributed by atoms with Crippen molar-refractivity contribution in [1.82, 2.24) is 0 Å². The fraction of sp³-hybridized carbons (Fsp3) is 0.562. The first-order valence-corrected chi connectivity index (χ1v) is 7.42. The molecule has 0 aliphatic heterocycles. The fourth-order valence-electron chi connectivity index (χ4n) is 3.07. The molecule has 1 aliphatic carbocycles. The van der Waals surface area contributed by atoms with Gasteiger partial charge in [-0.2, -0.15) is 0 Å². The van der Waals surface area contributed by atoms with Crippen molar-refractivity contribution in [2.24, 2.45) is 5.92 Å². The smallest absolute Gasteiger partial charge is 0.161 e. The number of hydrogen-bond acceptors (Lipinski definition) is 2. The van der Waals surface area contributed by atoms with Gasteiger partial charge in [-0.15, -0.1) is 0 Å². The van der Waals surface area contributed by atoms with Crippen molar-refractivity contribution >= 4 is 23.1 Å². The molecule has 104 valence electrons. The van der Waals surface area contributed by atoms with Gasteiger partial charge in [0.2, 0.25) is 0 Å². The Kier molecular flexibility index (Phi) is 4.51. The zero-order valence-electron chi connectivity index (χ0n) is 11.9. The summed E-state index contributed by atoms with van der Waals surface area (Å²) in [4.78, 5) is 13.7. The molecule has 2 unspecified atom stereocenters. The fourth-order valence-corrected chi connectivity index (χ4v) is 3.38. The van der Waals surface area contributed by atoms with Crippen molar-refractivity contribution in [1.29, 1.82) is 0 Å². The quantitative estimate of drug-likeness (QED) is 0.756. The lowest BCUT2D eigenvalue weighted by Crippen LogP contribution is -2.39. The van der Waals surface area contributed by atoms with Crippen LogP contribution >= 0.6 is 11.6 Å². The largest absolute Gasteiger partial charge is 0.371 e. The lowest BCUT2D eigenvalue weighted by molar-refractivity contribution is 0.101. The van der Waals surface area contributed by atoms with E-state index in [2.05, 4.69) is 18.9 Å². The van der Waals surface area contributed by atoms with Crippen molar-refractivity contribution in [3.8, 4) is 0 Å². The number of nitrogens with zero attached hydrogens (tertiary/aromatic N) is 1. The molecule has 1 aliphatic rings. The number of carbonyl (C=O) groups is 1. The van der Waals surface area contributed by atoms with Crippen LogP contribution < -0.4 is 4.90 Å². The highest BCUT2D eigenvalue weighted by Crippen LogP contribution is 2.32. The van der Waals surface area contributed by atoms with E-state index in [4.69, 9.17) is 11.6 Å². The highest BCUT2D eigenvalue weighted by molar-refractivity contribution is 6.34. The van der Waals surface area contributed by atoms with Crippen LogP contribution in [0.5, 0.6) is 0 Å². The molecule has 1 saturated carbocycles. The molecule has 1 aromatic rings. The van der Waals surface area contributed by atoms with Gasteiger partial charge < -0.3 is 4.90 Å². The van der Waals surface area contributed by atoms with Gasteiger partial charge >= 0.3 is 0 Å². The van der Waals surface area contributed by atoms with Gasteiger partial charge in [0, 0.05) is 24.3 Å². The van der Waals surface area contributed by atoms with E-state index in [0.717, 1.165) is 5.69 Å². The number of rotatable bonds is 3. The molecule has 0 amide bonds. The predicted octanol–water partition coefficient (Wildman–Crippen LogP) is 4.56. The second-order valence-corrected chi connectivity index (χ2v) is 6.07. The molecule has 0 spiro atoms. The summed E-state index contributed by atoms with van der Waals surface area (Å²) in [5, 5.41) is 0.556. The number of hydrogen-bond donors (Lipinski definition) is 0. The van der Waals surface area contributed by atoms with E-state index < -0.39 is 0 Å². The summed E-state index contributed by atoms with van der Waals surface area (Å²) < 4.78 is 0. The van der Waals surface area contributed by atoms with Gasteiger partial charge in [-0.3, -0.25) is 4.79 Å². The molecule has 2 nitrogen and oxygen atoms in total. The van der Waals surface area contributed by atoms with Crippen molar-refractivity contribution in [2.75, 3.05) is 11.9 Å². The molecule has 19 heavy (non-hydrogen) atoms. The van der Waals surface area contributed by atoms with E-state index in [9.17, 15) is 4.79 Å². The molecular weight excluding hydrogens is 258 g/mol. The SMILES string of the molecule is CC(=O)c1ccc(N(C)C2CCCCC2C)cc1Cl. The van der Waals surface area contributed by atoms with Crippen molar-refractivity contribution in [2.45, 2.75) is 45.6 Å². The van der Waals surface area contributed by atoms with Crippen LogP contribution in [0.1, 0.15) is 49.9 Å². The summed E-state index contributed by atoms with van der Waals surface area (Å²) in [5.41, 5.74) is 1.71. The van der Waals surface area contributed by atoms with Crippen LogP contribution in [0.3, 0.4) is 0 Å². The number of carbonyl (C=O) groups excluding carboxylic acids is 1. The van der Waals surface area contributed by atoms with E-state index >= 15 is 0 Å². The average Bonchev–Trinajstić information content (AvgIpc) is 2.38. The lowest BCUT2D eigenvalue weighted by atomic mass is 9.85. The van der Waals surface area contributed by atoms with Crippen molar-refractivity contribution in [3.63, 3.8) is 0 Å². The zero-order chi connectivity index (χ0) is 14.0. The second-order valence-electron chi connectivity index (χ2n) is 5.66. The number of halogens is 1. The number of benzene rings is 1. The topological polar surface area (TPSA) is 20.3 Å². The highest BCUT2D eigenvalue weighted by atomic mass is 35.5. The van der Waals surface area contributed by atoms with E-state index in [1.165, 1.54) is 25.7 Å². The van der Waals surface area contributed by atoms with E-state index in [1.807, 2.05) is 18.2 Å². The first-order chi connectivity index (χ1) is 9.00. The Hall–Kier alpha value is -1.02. The van der Waals surface area contributed by atoms with Crippen LogP contribution in [0.25, 0.3) is 0 Å². The summed E-state index contributed by atoms with van der Waals surface area (Å²) in [5.74, 6) is 0.732. The third-order valence-corrected chi connectivity index (χ3v) is 4.62. The number of anilines is 1. The first kappa shape index (κ1) is 14.4. The van der Waals surface area contributed by atoms with Gasteiger partial charge in [-0.05, 0) is 43.9 Å². The Morgan fingerprint density at radius 2 is 2.00 bits per heavy atom. The van der Waals surface area contributed by atoms with Crippen LogP contribution in [-0.2, 0) is 0 Å². The van der Waals surface area contributed by atoms with Crippen molar-refractivity contribution < 1.29 is 4.79 Å². The molecule has 0 radical (unpaired) electrons. The van der Waals surface area contributed by atoms with Crippen LogP contribution in [0.4, 0.5) is 5.69 Å². The van der Waals surface area contributed by atoms with Gasteiger partial charge in [0.15, 0.2) is 5.78 Å². The third kappa shape index (κ3) is 3.11. The maximum absolute atomic E-state index is 11.4. The molecule has 0 bridgehead atoms. The maximum Gasteiger partial charge on any atom is 0.161 e. The van der Waals surface area contributed by atoms with Gasteiger partial charge in [0.05, 0.1) is 5.02 Å².